The molecule has 6 nitrogen and oxygen atoms in total. The Morgan fingerprint density at radius 1 is 1.34 bits per heavy atom. The molecule has 1 aromatic carbocycles. The molecular formula is C22H27ClN4O2. The quantitative estimate of drug-likeness (QED) is 0.655. The number of rotatable bonds is 6. The standard InChI is InChI=1S/C22H27ClN4O2/c1-5-15-12-26-19(11-17-18(23)7-8-20(29-15)21(17)26)22(28)24-10-9-16-13(3)25-27(6-2)14(16)4/h7-8,11,15H,5-6,9-10,12H2,1-4H3,(H,24,28)/t15-/m0/s1. The van der Waals surface area contributed by atoms with Crippen molar-refractivity contribution >= 4 is 28.4 Å². The van der Waals surface area contributed by atoms with E-state index in [2.05, 4.69) is 35.8 Å². The molecule has 1 atom stereocenters. The molecule has 4 rings (SSSR count). The molecule has 3 aromatic rings. The van der Waals surface area contributed by atoms with E-state index < -0.39 is 0 Å². The molecule has 0 radical (unpaired) electrons. The van der Waals surface area contributed by atoms with Crippen LogP contribution in [0.3, 0.4) is 0 Å². The van der Waals surface area contributed by atoms with Gasteiger partial charge in [-0.3, -0.25) is 9.48 Å². The van der Waals surface area contributed by atoms with Gasteiger partial charge in [-0.05, 0) is 57.4 Å². The average Bonchev–Trinajstić information content (AvgIpc) is 3.24. The van der Waals surface area contributed by atoms with Crippen molar-refractivity contribution in [2.75, 3.05) is 6.54 Å². The molecule has 1 N–H and O–H groups in total. The number of aryl methyl sites for hydroxylation is 2. The molecule has 1 aliphatic rings. The van der Waals surface area contributed by atoms with Crippen LogP contribution in [0.4, 0.5) is 0 Å². The lowest BCUT2D eigenvalue weighted by molar-refractivity contribution is 0.0938. The SMILES string of the molecule is CC[C@H]1Cn2c(C(=O)NCCc3c(C)nn(CC)c3C)cc3c(Cl)ccc(c32)O1. The van der Waals surface area contributed by atoms with Gasteiger partial charge in [0.2, 0.25) is 0 Å². The third-order valence-electron chi connectivity index (χ3n) is 5.83. The highest BCUT2D eigenvalue weighted by Crippen LogP contribution is 2.38. The predicted molar refractivity (Wildman–Crippen MR) is 115 cm³/mol. The highest BCUT2D eigenvalue weighted by atomic mass is 35.5. The normalized spacial score (nSPS) is 15.6. The summed E-state index contributed by atoms with van der Waals surface area (Å²) in [4.78, 5) is 13.0. The van der Waals surface area contributed by atoms with Crippen molar-refractivity contribution < 1.29 is 9.53 Å². The van der Waals surface area contributed by atoms with Crippen molar-refractivity contribution in [1.82, 2.24) is 19.7 Å². The third kappa shape index (κ3) is 3.39. The minimum absolute atomic E-state index is 0.0519. The molecule has 0 fully saturated rings. The third-order valence-corrected chi connectivity index (χ3v) is 6.16. The highest BCUT2D eigenvalue weighted by molar-refractivity contribution is 6.36. The van der Waals surface area contributed by atoms with Crippen molar-refractivity contribution in [3.63, 3.8) is 0 Å². The smallest absolute Gasteiger partial charge is 0.267 e. The zero-order chi connectivity index (χ0) is 20.7. The van der Waals surface area contributed by atoms with Gasteiger partial charge in [-0.1, -0.05) is 18.5 Å². The number of ether oxygens (including phenoxy) is 1. The maximum absolute atomic E-state index is 13.0. The number of hydrogen-bond acceptors (Lipinski definition) is 3. The van der Waals surface area contributed by atoms with Gasteiger partial charge in [-0.15, -0.1) is 0 Å². The van der Waals surface area contributed by atoms with Crippen molar-refractivity contribution in [2.45, 2.75) is 59.7 Å². The van der Waals surface area contributed by atoms with E-state index in [0.717, 1.165) is 41.7 Å². The fraction of sp³-hybridized carbons (Fsp3) is 0.455. The van der Waals surface area contributed by atoms with Crippen molar-refractivity contribution in [1.29, 1.82) is 0 Å². The lowest BCUT2D eigenvalue weighted by Gasteiger charge is -2.26. The number of carbonyl (C=O) groups excluding carboxylic acids is 1. The van der Waals surface area contributed by atoms with Crippen LogP contribution in [0.1, 0.15) is 47.7 Å². The number of aromatic nitrogens is 3. The van der Waals surface area contributed by atoms with E-state index in [9.17, 15) is 4.79 Å². The Morgan fingerprint density at radius 3 is 2.83 bits per heavy atom. The molecule has 7 heteroatoms. The molecular weight excluding hydrogens is 388 g/mol. The summed E-state index contributed by atoms with van der Waals surface area (Å²) < 4.78 is 10.1. The van der Waals surface area contributed by atoms with Crippen LogP contribution in [0.15, 0.2) is 18.2 Å². The fourth-order valence-electron chi connectivity index (χ4n) is 4.22. The van der Waals surface area contributed by atoms with Gasteiger partial charge in [0.25, 0.3) is 5.91 Å². The molecule has 0 aliphatic carbocycles. The second-order valence-electron chi connectivity index (χ2n) is 7.57. The molecule has 0 spiro atoms. The number of benzene rings is 1. The number of amides is 1. The largest absolute Gasteiger partial charge is 0.486 e. The minimum atomic E-state index is -0.0850. The van der Waals surface area contributed by atoms with Gasteiger partial charge in [0.15, 0.2) is 0 Å². The molecule has 1 aliphatic heterocycles. The molecule has 3 heterocycles. The number of nitrogens with zero attached hydrogens (tertiary/aromatic N) is 3. The summed E-state index contributed by atoms with van der Waals surface area (Å²) in [6.07, 6.45) is 1.69. The summed E-state index contributed by atoms with van der Waals surface area (Å²) in [5.41, 5.74) is 4.94. The molecule has 29 heavy (non-hydrogen) atoms. The first-order valence-electron chi connectivity index (χ1n) is 10.2. The predicted octanol–water partition coefficient (Wildman–Crippen LogP) is 4.27. The molecule has 154 valence electrons. The Morgan fingerprint density at radius 2 is 2.14 bits per heavy atom. The van der Waals surface area contributed by atoms with Gasteiger partial charge in [-0.2, -0.15) is 5.10 Å². The van der Waals surface area contributed by atoms with Crippen molar-refractivity contribution in [3.8, 4) is 5.75 Å². The van der Waals surface area contributed by atoms with Gasteiger partial charge < -0.3 is 14.6 Å². The maximum atomic E-state index is 13.0. The first-order valence-corrected chi connectivity index (χ1v) is 10.6. The van der Waals surface area contributed by atoms with Crippen LogP contribution >= 0.6 is 11.6 Å². The van der Waals surface area contributed by atoms with E-state index >= 15 is 0 Å². The number of halogens is 1. The monoisotopic (exact) mass is 414 g/mol. The Balaban J connectivity index is 1.56. The number of carbonyl (C=O) groups is 1. The van der Waals surface area contributed by atoms with Gasteiger partial charge >= 0.3 is 0 Å². The summed E-state index contributed by atoms with van der Waals surface area (Å²) in [6, 6.07) is 5.60. The maximum Gasteiger partial charge on any atom is 0.267 e. The van der Waals surface area contributed by atoms with E-state index in [1.165, 1.54) is 11.3 Å². The number of hydrogen-bond donors (Lipinski definition) is 1. The lowest BCUT2D eigenvalue weighted by Crippen LogP contribution is -2.32. The fourth-order valence-corrected chi connectivity index (χ4v) is 4.42. The molecule has 0 saturated carbocycles. The molecule has 2 aromatic heterocycles. The molecule has 0 bridgehead atoms. The lowest BCUT2D eigenvalue weighted by atomic mass is 10.1. The number of nitrogens with one attached hydrogen (secondary N) is 1. The van der Waals surface area contributed by atoms with Gasteiger partial charge in [-0.25, -0.2) is 0 Å². The summed E-state index contributed by atoms with van der Waals surface area (Å²) in [5.74, 6) is 0.706. The molecule has 0 unspecified atom stereocenters. The van der Waals surface area contributed by atoms with Crippen molar-refractivity contribution in [3.05, 3.63) is 45.9 Å². The van der Waals surface area contributed by atoms with Gasteiger partial charge in [0.1, 0.15) is 17.5 Å². The zero-order valence-electron chi connectivity index (χ0n) is 17.4. The molecule has 0 saturated heterocycles. The van der Waals surface area contributed by atoms with Crippen LogP contribution in [-0.2, 0) is 19.5 Å². The Bertz CT molecular complexity index is 1080. The van der Waals surface area contributed by atoms with Gasteiger partial charge in [0.05, 0.1) is 22.8 Å². The van der Waals surface area contributed by atoms with E-state index in [1.54, 1.807) is 0 Å². The van der Waals surface area contributed by atoms with E-state index in [1.807, 2.05) is 29.8 Å². The Hall–Kier alpha value is -2.47. The molecule has 1 amide bonds. The van der Waals surface area contributed by atoms with E-state index in [4.69, 9.17) is 16.3 Å². The van der Waals surface area contributed by atoms with Crippen LogP contribution in [0.5, 0.6) is 5.75 Å². The second kappa shape index (κ2) is 7.75. The van der Waals surface area contributed by atoms with Gasteiger partial charge in [0, 0.05) is 24.2 Å². The van der Waals surface area contributed by atoms with Crippen molar-refractivity contribution in [2.24, 2.45) is 0 Å². The van der Waals surface area contributed by atoms with E-state index in [-0.39, 0.29) is 12.0 Å². The van der Waals surface area contributed by atoms with Crippen LogP contribution in [-0.4, -0.2) is 32.9 Å². The summed E-state index contributed by atoms with van der Waals surface area (Å²) >= 11 is 6.40. The summed E-state index contributed by atoms with van der Waals surface area (Å²) in [6.45, 7) is 10.3. The topological polar surface area (TPSA) is 61.1 Å². The second-order valence-corrected chi connectivity index (χ2v) is 7.97. The first kappa shape index (κ1) is 19.8. The minimum Gasteiger partial charge on any atom is -0.486 e. The van der Waals surface area contributed by atoms with E-state index in [0.29, 0.717) is 23.8 Å². The summed E-state index contributed by atoms with van der Waals surface area (Å²) in [7, 11) is 0. The average molecular weight is 415 g/mol. The zero-order valence-corrected chi connectivity index (χ0v) is 18.1. The highest BCUT2D eigenvalue weighted by Gasteiger charge is 2.27. The summed E-state index contributed by atoms with van der Waals surface area (Å²) in [5, 5.41) is 9.13. The van der Waals surface area contributed by atoms with Crippen LogP contribution in [0.2, 0.25) is 5.02 Å². The Labute approximate surface area is 175 Å². The van der Waals surface area contributed by atoms with Crippen LogP contribution < -0.4 is 10.1 Å². The van der Waals surface area contributed by atoms with Crippen LogP contribution in [0.25, 0.3) is 10.9 Å². The van der Waals surface area contributed by atoms with Crippen LogP contribution in [0, 0.1) is 13.8 Å². The first-order chi connectivity index (χ1) is 13.9. The Kier molecular flexibility index (Phi) is 5.30.